The van der Waals surface area contributed by atoms with Gasteiger partial charge in [-0.3, -0.25) is 0 Å². The monoisotopic (exact) mass is 404 g/mol. The lowest BCUT2D eigenvalue weighted by Gasteiger charge is -2.13. The van der Waals surface area contributed by atoms with E-state index in [1.54, 1.807) is 12.1 Å². The zero-order valence-corrected chi connectivity index (χ0v) is 15.4. The third-order valence-electron chi connectivity index (χ3n) is 3.49. The predicted molar refractivity (Wildman–Crippen MR) is 94.5 cm³/mol. The first-order valence-corrected chi connectivity index (χ1v) is 10.6. The lowest BCUT2D eigenvalue weighted by Crippen LogP contribution is -2.29. The maximum absolute atomic E-state index is 12.7. The lowest BCUT2D eigenvalue weighted by molar-refractivity contribution is 0.235. The molecule has 0 amide bonds. The quantitative estimate of drug-likeness (QED) is 0.659. The highest BCUT2D eigenvalue weighted by Gasteiger charge is 2.28. The molecule has 0 heterocycles. The van der Waals surface area contributed by atoms with Crippen molar-refractivity contribution in [2.24, 2.45) is 0 Å². The fourth-order valence-electron chi connectivity index (χ4n) is 2.14. The highest BCUT2D eigenvalue weighted by molar-refractivity contribution is 7.91. The molecule has 2 aromatic rings. The van der Waals surface area contributed by atoms with Crippen LogP contribution in [-0.4, -0.2) is 35.7 Å². The number of para-hydroxylation sites is 1. The average molecular weight is 404 g/mol. The van der Waals surface area contributed by atoms with Crippen LogP contribution in [0.15, 0.2) is 58.3 Å². The van der Waals surface area contributed by atoms with Gasteiger partial charge in [0.05, 0.1) is 15.5 Å². The van der Waals surface area contributed by atoms with Gasteiger partial charge < -0.3 is 5.32 Å². The molecule has 6 nitrogen and oxygen atoms in total. The van der Waals surface area contributed by atoms with Crippen LogP contribution in [0.3, 0.4) is 0 Å². The van der Waals surface area contributed by atoms with Gasteiger partial charge in [0.15, 0.2) is 0 Å². The Bertz CT molecular complexity index is 960. The highest BCUT2D eigenvalue weighted by atomic mass is 32.2. The Labute approximate surface area is 151 Å². The Balaban J connectivity index is 2.02. The molecule has 0 saturated carbocycles. The first kappa shape index (κ1) is 20.3. The molecule has 0 atom stereocenters. The number of anilines is 1. The van der Waals surface area contributed by atoms with Crippen molar-refractivity contribution in [1.29, 1.82) is 0 Å². The van der Waals surface area contributed by atoms with Crippen LogP contribution in [0.25, 0.3) is 0 Å². The first-order valence-electron chi connectivity index (χ1n) is 7.56. The molecule has 0 spiro atoms. The van der Waals surface area contributed by atoms with Crippen molar-refractivity contribution >= 4 is 25.5 Å². The SMILES string of the molecule is Cc1ccc(S(=O)(=O)NCCNc2ccccc2S(=O)(=O)C(F)F)cc1. The van der Waals surface area contributed by atoms with E-state index in [0.717, 1.165) is 11.6 Å². The standard InChI is InChI=1S/C16H18F2N2O4S2/c1-12-6-8-13(9-7-12)26(23,24)20-11-10-19-14-4-2-3-5-15(14)25(21,22)16(17)18/h2-9,16,19-20H,10-11H2,1H3. The molecule has 2 N–H and O–H groups in total. The summed E-state index contributed by atoms with van der Waals surface area (Å²) >= 11 is 0. The summed E-state index contributed by atoms with van der Waals surface area (Å²) < 4.78 is 75.4. The molecular weight excluding hydrogens is 386 g/mol. The minimum absolute atomic E-state index is 0.0117. The number of hydrogen-bond donors (Lipinski definition) is 2. The fourth-order valence-corrected chi connectivity index (χ4v) is 4.08. The van der Waals surface area contributed by atoms with Crippen LogP contribution in [0.5, 0.6) is 0 Å². The summed E-state index contributed by atoms with van der Waals surface area (Å²) in [5, 5.41) is 2.67. The van der Waals surface area contributed by atoms with Gasteiger partial charge in [-0.25, -0.2) is 21.6 Å². The molecule has 0 aliphatic heterocycles. The summed E-state index contributed by atoms with van der Waals surface area (Å²) in [5.74, 6) is -3.54. The Morgan fingerprint density at radius 2 is 1.54 bits per heavy atom. The molecule has 0 aromatic heterocycles. The summed E-state index contributed by atoms with van der Waals surface area (Å²) in [7, 11) is -8.47. The van der Waals surface area contributed by atoms with E-state index in [9.17, 15) is 25.6 Å². The second kappa shape index (κ2) is 8.11. The molecule has 0 fully saturated rings. The van der Waals surface area contributed by atoms with Gasteiger partial charge in [0.25, 0.3) is 0 Å². The van der Waals surface area contributed by atoms with Crippen molar-refractivity contribution in [3.05, 3.63) is 54.1 Å². The van der Waals surface area contributed by atoms with Crippen LogP contribution in [0.4, 0.5) is 14.5 Å². The Hall–Kier alpha value is -2.04. The number of hydrogen-bond acceptors (Lipinski definition) is 5. The van der Waals surface area contributed by atoms with Crippen LogP contribution in [0.2, 0.25) is 0 Å². The molecular formula is C16H18F2N2O4S2. The number of sulfone groups is 1. The van der Waals surface area contributed by atoms with E-state index in [0.29, 0.717) is 0 Å². The molecule has 0 radical (unpaired) electrons. The maximum atomic E-state index is 12.7. The molecule has 0 aliphatic rings. The Morgan fingerprint density at radius 1 is 0.923 bits per heavy atom. The van der Waals surface area contributed by atoms with Gasteiger partial charge in [-0.05, 0) is 31.2 Å². The largest absolute Gasteiger partial charge is 0.383 e. The first-order chi connectivity index (χ1) is 12.1. The number of halogens is 2. The molecule has 26 heavy (non-hydrogen) atoms. The van der Waals surface area contributed by atoms with Crippen LogP contribution < -0.4 is 10.0 Å². The molecule has 0 saturated heterocycles. The van der Waals surface area contributed by atoms with Crippen molar-refractivity contribution in [3.8, 4) is 0 Å². The average Bonchev–Trinajstić information content (AvgIpc) is 2.59. The van der Waals surface area contributed by atoms with Crippen LogP contribution in [0, 0.1) is 6.92 Å². The summed E-state index contributed by atoms with van der Waals surface area (Å²) in [6.45, 7) is 1.79. The Kier molecular flexibility index (Phi) is 6.32. The second-order valence-corrected chi connectivity index (χ2v) is 9.09. The van der Waals surface area contributed by atoms with Gasteiger partial charge in [0, 0.05) is 13.1 Å². The third kappa shape index (κ3) is 4.77. The van der Waals surface area contributed by atoms with Crippen molar-refractivity contribution in [1.82, 2.24) is 4.72 Å². The van der Waals surface area contributed by atoms with Crippen LogP contribution in [-0.2, 0) is 19.9 Å². The minimum atomic E-state index is -4.75. The Morgan fingerprint density at radius 3 is 2.15 bits per heavy atom. The maximum Gasteiger partial charge on any atom is 0.341 e. The van der Waals surface area contributed by atoms with Gasteiger partial charge in [0.1, 0.15) is 0 Å². The van der Waals surface area contributed by atoms with E-state index in [1.807, 2.05) is 6.92 Å². The number of alkyl halides is 2. The smallest absolute Gasteiger partial charge is 0.341 e. The van der Waals surface area contributed by atoms with E-state index in [2.05, 4.69) is 10.0 Å². The van der Waals surface area contributed by atoms with Crippen molar-refractivity contribution < 1.29 is 25.6 Å². The van der Waals surface area contributed by atoms with Gasteiger partial charge >= 0.3 is 5.76 Å². The number of benzene rings is 2. The summed E-state index contributed by atoms with van der Waals surface area (Å²) in [6.07, 6.45) is 0. The molecule has 2 rings (SSSR count). The third-order valence-corrected chi connectivity index (χ3v) is 6.41. The summed E-state index contributed by atoms with van der Waals surface area (Å²) in [5.41, 5.74) is 0.907. The number of rotatable bonds is 8. The number of nitrogens with one attached hydrogen (secondary N) is 2. The number of aryl methyl sites for hydroxylation is 1. The summed E-state index contributed by atoms with van der Waals surface area (Å²) in [6, 6.07) is 11.5. The van der Waals surface area contributed by atoms with E-state index in [-0.39, 0.29) is 23.7 Å². The highest BCUT2D eigenvalue weighted by Crippen LogP contribution is 2.25. The lowest BCUT2D eigenvalue weighted by atomic mass is 10.2. The van der Waals surface area contributed by atoms with Crippen molar-refractivity contribution in [3.63, 3.8) is 0 Å². The predicted octanol–water partition coefficient (Wildman–Crippen LogP) is 2.38. The van der Waals surface area contributed by atoms with E-state index in [4.69, 9.17) is 0 Å². The van der Waals surface area contributed by atoms with Crippen molar-refractivity contribution in [2.45, 2.75) is 22.5 Å². The van der Waals surface area contributed by atoms with E-state index >= 15 is 0 Å². The van der Waals surface area contributed by atoms with Crippen LogP contribution in [0.1, 0.15) is 5.56 Å². The normalized spacial score (nSPS) is 12.3. The zero-order valence-electron chi connectivity index (χ0n) is 13.8. The molecule has 0 aliphatic carbocycles. The van der Waals surface area contributed by atoms with Gasteiger partial charge in [-0.2, -0.15) is 8.78 Å². The number of sulfonamides is 1. The molecule has 142 valence electrons. The molecule has 0 bridgehead atoms. The fraction of sp³-hybridized carbons (Fsp3) is 0.250. The second-order valence-electron chi connectivity index (χ2n) is 5.44. The van der Waals surface area contributed by atoms with E-state index < -0.39 is 30.5 Å². The van der Waals surface area contributed by atoms with Gasteiger partial charge in [0.2, 0.25) is 19.9 Å². The molecule has 2 aromatic carbocycles. The minimum Gasteiger partial charge on any atom is -0.383 e. The molecule has 10 heteroatoms. The summed E-state index contributed by atoms with van der Waals surface area (Å²) in [4.78, 5) is -0.430. The topological polar surface area (TPSA) is 92.3 Å². The zero-order chi connectivity index (χ0) is 19.4. The van der Waals surface area contributed by atoms with Gasteiger partial charge in [-0.15, -0.1) is 0 Å². The van der Waals surface area contributed by atoms with Gasteiger partial charge in [-0.1, -0.05) is 29.8 Å². The van der Waals surface area contributed by atoms with Crippen LogP contribution >= 0.6 is 0 Å². The van der Waals surface area contributed by atoms with Crippen molar-refractivity contribution in [2.75, 3.05) is 18.4 Å². The molecule has 0 unspecified atom stereocenters. The van der Waals surface area contributed by atoms with E-state index in [1.165, 1.54) is 30.3 Å².